The van der Waals surface area contributed by atoms with Gasteiger partial charge in [0.15, 0.2) is 0 Å². The second kappa shape index (κ2) is 9.70. The summed E-state index contributed by atoms with van der Waals surface area (Å²) in [6, 6.07) is 15.1. The molecule has 2 aromatic rings. The first-order valence-electron chi connectivity index (χ1n) is 8.92. The number of nitrogens with one attached hydrogen (secondary N) is 2. The van der Waals surface area contributed by atoms with Gasteiger partial charge in [-0.15, -0.1) is 0 Å². The number of ether oxygens (including phenoxy) is 2. The summed E-state index contributed by atoms with van der Waals surface area (Å²) in [6.45, 7) is 3.96. The Morgan fingerprint density at radius 3 is 2.42 bits per heavy atom. The Kier molecular flexibility index (Phi) is 7.33. The Hall–Kier alpha value is -2.69. The fraction of sp³-hybridized carbons (Fsp3) is 0.381. The SMILES string of the molecule is CCC[C@@H](NC(=O)[C@@H](C)Nc1ccc(OC)cc1OC)c1ccccc1. The van der Waals surface area contributed by atoms with Crippen LogP contribution in [0.1, 0.15) is 38.3 Å². The lowest BCUT2D eigenvalue weighted by Gasteiger charge is -2.23. The van der Waals surface area contributed by atoms with Crippen LogP contribution in [-0.2, 0) is 4.79 Å². The number of anilines is 1. The Labute approximate surface area is 155 Å². The zero-order valence-electron chi connectivity index (χ0n) is 15.9. The minimum absolute atomic E-state index is 0.00992. The van der Waals surface area contributed by atoms with Crippen LogP contribution in [-0.4, -0.2) is 26.2 Å². The Morgan fingerprint density at radius 1 is 1.08 bits per heavy atom. The lowest BCUT2D eigenvalue weighted by molar-refractivity contribution is -0.122. The molecule has 0 unspecified atom stereocenters. The third-order valence-electron chi connectivity index (χ3n) is 4.27. The number of hydrogen-bond acceptors (Lipinski definition) is 4. The summed E-state index contributed by atoms with van der Waals surface area (Å²) >= 11 is 0. The first-order valence-corrected chi connectivity index (χ1v) is 8.92. The van der Waals surface area contributed by atoms with Gasteiger partial charge in [0.25, 0.3) is 0 Å². The number of carbonyl (C=O) groups is 1. The van der Waals surface area contributed by atoms with Crippen molar-refractivity contribution in [2.24, 2.45) is 0 Å². The third kappa shape index (κ3) is 5.15. The van der Waals surface area contributed by atoms with Crippen molar-refractivity contribution in [3.63, 3.8) is 0 Å². The summed E-state index contributed by atoms with van der Waals surface area (Å²) in [6.07, 6.45) is 1.89. The van der Waals surface area contributed by atoms with E-state index in [9.17, 15) is 4.79 Å². The van der Waals surface area contributed by atoms with Gasteiger partial charge >= 0.3 is 0 Å². The predicted octanol–water partition coefficient (Wildman–Crippen LogP) is 4.16. The van der Waals surface area contributed by atoms with Gasteiger partial charge in [-0.25, -0.2) is 0 Å². The molecular formula is C21H28N2O3. The average molecular weight is 356 g/mol. The molecule has 140 valence electrons. The zero-order chi connectivity index (χ0) is 18.9. The van der Waals surface area contributed by atoms with E-state index in [-0.39, 0.29) is 11.9 Å². The minimum Gasteiger partial charge on any atom is -0.497 e. The van der Waals surface area contributed by atoms with Gasteiger partial charge in [0.1, 0.15) is 17.5 Å². The number of carbonyl (C=O) groups excluding carboxylic acids is 1. The van der Waals surface area contributed by atoms with E-state index in [1.54, 1.807) is 20.3 Å². The number of methoxy groups -OCH3 is 2. The maximum atomic E-state index is 12.7. The van der Waals surface area contributed by atoms with Gasteiger partial charge < -0.3 is 20.1 Å². The van der Waals surface area contributed by atoms with Crippen LogP contribution in [0.3, 0.4) is 0 Å². The standard InChI is InChI=1S/C21H28N2O3/c1-5-9-18(16-10-7-6-8-11-16)23-21(24)15(2)22-19-13-12-17(25-3)14-20(19)26-4/h6-8,10-15,18,22H,5,9H2,1-4H3,(H,23,24)/t15-,18-/m1/s1. The predicted molar refractivity (Wildman–Crippen MR) is 105 cm³/mol. The molecule has 0 spiro atoms. The van der Waals surface area contributed by atoms with Crippen molar-refractivity contribution in [3.05, 3.63) is 54.1 Å². The summed E-state index contributed by atoms with van der Waals surface area (Å²) in [5, 5.41) is 6.37. The van der Waals surface area contributed by atoms with Crippen molar-refractivity contribution < 1.29 is 14.3 Å². The Balaban J connectivity index is 2.06. The van der Waals surface area contributed by atoms with Crippen LogP contribution >= 0.6 is 0 Å². The highest BCUT2D eigenvalue weighted by molar-refractivity contribution is 5.85. The number of rotatable bonds is 9. The van der Waals surface area contributed by atoms with E-state index in [1.165, 1.54) is 0 Å². The van der Waals surface area contributed by atoms with Crippen LogP contribution in [0, 0.1) is 0 Å². The molecule has 0 aromatic heterocycles. The molecule has 0 aliphatic carbocycles. The van der Waals surface area contributed by atoms with Crippen LogP contribution in [0.4, 0.5) is 5.69 Å². The van der Waals surface area contributed by atoms with E-state index in [2.05, 4.69) is 17.6 Å². The van der Waals surface area contributed by atoms with E-state index in [1.807, 2.05) is 49.4 Å². The normalized spacial score (nSPS) is 12.8. The molecule has 0 radical (unpaired) electrons. The van der Waals surface area contributed by atoms with Gasteiger partial charge in [-0.05, 0) is 31.0 Å². The molecule has 5 nitrogen and oxygen atoms in total. The molecule has 0 bridgehead atoms. The largest absolute Gasteiger partial charge is 0.497 e. The second-order valence-corrected chi connectivity index (χ2v) is 6.19. The summed E-state index contributed by atoms with van der Waals surface area (Å²) in [5.74, 6) is 1.29. The topological polar surface area (TPSA) is 59.6 Å². The highest BCUT2D eigenvalue weighted by atomic mass is 16.5. The van der Waals surface area contributed by atoms with Gasteiger partial charge in [0.05, 0.1) is 25.9 Å². The van der Waals surface area contributed by atoms with Gasteiger partial charge in [0.2, 0.25) is 5.91 Å². The zero-order valence-corrected chi connectivity index (χ0v) is 15.9. The van der Waals surface area contributed by atoms with Gasteiger partial charge in [-0.2, -0.15) is 0 Å². The molecule has 0 aliphatic rings. The number of amides is 1. The van der Waals surface area contributed by atoms with Gasteiger partial charge in [-0.1, -0.05) is 43.7 Å². The molecular weight excluding hydrogens is 328 g/mol. The number of benzene rings is 2. The summed E-state index contributed by atoms with van der Waals surface area (Å²) in [5.41, 5.74) is 1.87. The molecule has 1 amide bonds. The molecule has 2 aromatic carbocycles. The molecule has 0 saturated carbocycles. The second-order valence-electron chi connectivity index (χ2n) is 6.19. The maximum absolute atomic E-state index is 12.7. The smallest absolute Gasteiger partial charge is 0.242 e. The van der Waals surface area contributed by atoms with Crippen molar-refractivity contribution in [3.8, 4) is 11.5 Å². The van der Waals surface area contributed by atoms with E-state index in [4.69, 9.17) is 9.47 Å². The Bertz CT molecular complexity index is 704. The number of hydrogen-bond donors (Lipinski definition) is 2. The molecule has 0 saturated heterocycles. The molecule has 0 fully saturated rings. The van der Waals surface area contributed by atoms with E-state index < -0.39 is 6.04 Å². The van der Waals surface area contributed by atoms with Gasteiger partial charge in [0, 0.05) is 6.07 Å². The van der Waals surface area contributed by atoms with Crippen molar-refractivity contribution in [1.82, 2.24) is 5.32 Å². The summed E-state index contributed by atoms with van der Waals surface area (Å²) in [4.78, 5) is 12.7. The average Bonchev–Trinajstić information content (AvgIpc) is 2.68. The van der Waals surface area contributed by atoms with E-state index >= 15 is 0 Å². The molecule has 5 heteroatoms. The quantitative estimate of drug-likeness (QED) is 0.708. The van der Waals surface area contributed by atoms with Crippen LogP contribution in [0.15, 0.2) is 48.5 Å². The van der Waals surface area contributed by atoms with Gasteiger partial charge in [-0.3, -0.25) is 4.79 Å². The van der Waals surface area contributed by atoms with Crippen molar-refractivity contribution in [1.29, 1.82) is 0 Å². The fourth-order valence-electron chi connectivity index (χ4n) is 2.81. The maximum Gasteiger partial charge on any atom is 0.242 e. The monoisotopic (exact) mass is 356 g/mol. The summed E-state index contributed by atoms with van der Waals surface area (Å²) in [7, 11) is 3.20. The van der Waals surface area contributed by atoms with Crippen LogP contribution < -0.4 is 20.1 Å². The van der Waals surface area contributed by atoms with Crippen molar-refractivity contribution in [2.75, 3.05) is 19.5 Å². The highest BCUT2D eigenvalue weighted by Crippen LogP contribution is 2.29. The highest BCUT2D eigenvalue weighted by Gasteiger charge is 2.19. The molecule has 26 heavy (non-hydrogen) atoms. The van der Waals surface area contributed by atoms with Crippen LogP contribution in [0.5, 0.6) is 11.5 Å². The van der Waals surface area contributed by atoms with E-state index in [0.29, 0.717) is 11.5 Å². The summed E-state index contributed by atoms with van der Waals surface area (Å²) < 4.78 is 10.6. The molecule has 2 atom stereocenters. The first kappa shape index (κ1) is 19.6. The lowest BCUT2D eigenvalue weighted by atomic mass is 10.0. The van der Waals surface area contributed by atoms with Crippen molar-refractivity contribution >= 4 is 11.6 Å². The van der Waals surface area contributed by atoms with Crippen LogP contribution in [0.25, 0.3) is 0 Å². The molecule has 0 heterocycles. The third-order valence-corrected chi connectivity index (χ3v) is 4.27. The fourth-order valence-corrected chi connectivity index (χ4v) is 2.81. The molecule has 0 aliphatic heterocycles. The minimum atomic E-state index is -0.402. The molecule has 2 N–H and O–H groups in total. The van der Waals surface area contributed by atoms with Crippen LogP contribution in [0.2, 0.25) is 0 Å². The first-order chi connectivity index (χ1) is 12.6. The van der Waals surface area contributed by atoms with Crippen molar-refractivity contribution in [2.45, 2.75) is 38.8 Å². The molecule has 2 rings (SSSR count). The Morgan fingerprint density at radius 2 is 1.81 bits per heavy atom. The van der Waals surface area contributed by atoms with E-state index in [0.717, 1.165) is 24.1 Å². The lowest BCUT2D eigenvalue weighted by Crippen LogP contribution is -2.39.